The lowest BCUT2D eigenvalue weighted by Crippen LogP contribution is -2.06. The maximum absolute atomic E-state index is 10.4. The molecule has 82 valence electrons. The van der Waals surface area contributed by atoms with Crippen LogP contribution in [0.3, 0.4) is 0 Å². The topological polar surface area (TPSA) is 79.7 Å². The summed E-state index contributed by atoms with van der Waals surface area (Å²) in [6.45, 7) is 1.78. The number of carbonyl (C=O) groups is 1. The van der Waals surface area contributed by atoms with E-state index in [0.717, 1.165) is 5.56 Å². The van der Waals surface area contributed by atoms with Gasteiger partial charge in [0.25, 0.3) is 0 Å². The number of carboxylic acids is 1. The molecule has 0 radical (unpaired) electrons. The maximum Gasteiger partial charge on any atom is 0.306 e. The summed E-state index contributed by atoms with van der Waals surface area (Å²) in [4.78, 5) is 14.3. The first kappa shape index (κ1) is 11.5. The predicted molar refractivity (Wildman–Crippen MR) is 52.7 cm³/mol. The second kappa shape index (κ2) is 4.75. The lowest BCUT2D eigenvalue weighted by molar-refractivity contribution is -0.139. The number of nitrogens with zero attached hydrogens (tertiary/aromatic N) is 1. The summed E-state index contributed by atoms with van der Waals surface area (Å²) in [5.74, 6) is -0.572. The monoisotopic (exact) mass is 211 g/mol. The Bertz CT molecular complexity index is 364. The smallest absolute Gasteiger partial charge is 0.306 e. The molecule has 0 bridgehead atoms. The van der Waals surface area contributed by atoms with Crippen LogP contribution < -0.4 is 4.74 Å². The standard InChI is InChI=1S/C10H13NO4/c1-6-3-7(5-11-10(6)15-2)8(12)4-9(13)14/h3,5,8,12H,4H2,1-2H3,(H,13,14). The zero-order chi connectivity index (χ0) is 11.4. The normalized spacial score (nSPS) is 12.2. The minimum absolute atomic E-state index is 0.326. The molecule has 0 aromatic carbocycles. The molecule has 0 aliphatic heterocycles. The fourth-order valence-electron chi connectivity index (χ4n) is 1.26. The molecule has 0 spiro atoms. The number of methoxy groups -OCH3 is 1. The number of aliphatic hydroxyl groups excluding tert-OH is 1. The third-order valence-electron chi connectivity index (χ3n) is 2.00. The molecule has 5 heteroatoms. The van der Waals surface area contributed by atoms with E-state index in [1.54, 1.807) is 13.0 Å². The van der Waals surface area contributed by atoms with Gasteiger partial charge >= 0.3 is 5.97 Å². The van der Waals surface area contributed by atoms with Crippen molar-refractivity contribution in [2.75, 3.05) is 7.11 Å². The number of aliphatic carboxylic acids is 1. The Kier molecular flexibility index (Phi) is 3.62. The van der Waals surface area contributed by atoms with Crippen LogP contribution in [-0.4, -0.2) is 28.3 Å². The summed E-state index contributed by atoms with van der Waals surface area (Å²) in [5, 5.41) is 18.0. The molecule has 1 aromatic heterocycles. The molecule has 0 fully saturated rings. The minimum atomic E-state index is -1.05. The van der Waals surface area contributed by atoms with Gasteiger partial charge in [-0.15, -0.1) is 0 Å². The van der Waals surface area contributed by atoms with Crippen molar-refractivity contribution in [2.45, 2.75) is 19.4 Å². The quantitative estimate of drug-likeness (QED) is 0.773. The van der Waals surface area contributed by atoms with E-state index in [9.17, 15) is 9.90 Å². The van der Waals surface area contributed by atoms with E-state index >= 15 is 0 Å². The number of pyridine rings is 1. The van der Waals surface area contributed by atoms with E-state index in [4.69, 9.17) is 9.84 Å². The van der Waals surface area contributed by atoms with Crippen molar-refractivity contribution in [2.24, 2.45) is 0 Å². The molecule has 1 aromatic rings. The van der Waals surface area contributed by atoms with Crippen LogP contribution in [0.2, 0.25) is 0 Å². The zero-order valence-corrected chi connectivity index (χ0v) is 8.60. The molecule has 1 rings (SSSR count). The fraction of sp³-hybridized carbons (Fsp3) is 0.400. The number of carboxylic acid groups (broad SMARTS) is 1. The Morgan fingerprint density at radius 1 is 1.67 bits per heavy atom. The number of aliphatic hydroxyl groups is 1. The van der Waals surface area contributed by atoms with Crippen molar-refractivity contribution >= 4 is 5.97 Å². The first-order chi connectivity index (χ1) is 7.04. The Morgan fingerprint density at radius 2 is 2.33 bits per heavy atom. The number of hydrogen-bond donors (Lipinski definition) is 2. The van der Waals surface area contributed by atoms with Crippen LogP contribution >= 0.6 is 0 Å². The van der Waals surface area contributed by atoms with E-state index in [0.29, 0.717) is 11.4 Å². The van der Waals surface area contributed by atoms with Gasteiger partial charge < -0.3 is 14.9 Å². The molecule has 2 N–H and O–H groups in total. The van der Waals surface area contributed by atoms with Crippen LogP contribution in [0.15, 0.2) is 12.3 Å². The van der Waals surface area contributed by atoms with Gasteiger partial charge in [-0.1, -0.05) is 0 Å². The summed E-state index contributed by atoms with van der Waals surface area (Å²) in [6.07, 6.45) is 0.0620. The molecular formula is C10H13NO4. The SMILES string of the molecule is COc1ncc(C(O)CC(=O)O)cc1C. The number of aryl methyl sites for hydroxylation is 1. The molecule has 0 aliphatic carbocycles. The van der Waals surface area contributed by atoms with Crippen LogP contribution in [0.4, 0.5) is 0 Å². The minimum Gasteiger partial charge on any atom is -0.481 e. The third kappa shape index (κ3) is 2.92. The van der Waals surface area contributed by atoms with Crippen molar-refractivity contribution in [1.82, 2.24) is 4.98 Å². The Balaban J connectivity index is 2.87. The average molecular weight is 211 g/mol. The molecule has 0 aliphatic rings. The highest BCUT2D eigenvalue weighted by Gasteiger charge is 2.13. The summed E-state index contributed by atoms with van der Waals surface area (Å²) in [5.41, 5.74) is 1.25. The first-order valence-electron chi connectivity index (χ1n) is 4.45. The molecule has 0 saturated heterocycles. The highest BCUT2D eigenvalue weighted by molar-refractivity contribution is 5.67. The van der Waals surface area contributed by atoms with Crippen molar-refractivity contribution in [3.63, 3.8) is 0 Å². The zero-order valence-electron chi connectivity index (χ0n) is 8.60. The van der Waals surface area contributed by atoms with Crippen LogP contribution in [-0.2, 0) is 4.79 Å². The molecule has 15 heavy (non-hydrogen) atoms. The molecule has 0 saturated carbocycles. The maximum atomic E-state index is 10.4. The van der Waals surface area contributed by atoms with Crippen LogP contribution in [0.5, 0.6) is 5.88 Å². The number of aromatic nitrogens is 1. The van der Waals surface area contributed by atoms with Gasteiger partial charge in [0.05, 0.1) is 19.6 Å². The Hall–Kier alpha value is -1.62. The van der Waals surface area contributed by atoms with Crippen LogP contribution in [0.1, 0.15) is 23.7 Å². The molecule has 1 heterocycles. The van der Waals surface area contributed by atoms with E-state index in [-0.39, 0.29) is 6.42 Å². The summed E-state index contributed by atoms with van der Waals surface area (Å²) in [6, 6.07) is 1.67. The highest BCUT2D eigenvalue weighted by Crippen LogP contribution is 2.21. The van der Waals surface area contributed by atoms with Gasteiger partial charge in [-0.3, -0.25) is 4.79 Å². The Morgan fingerprint density at radius 3 is 2.80 bits per heavy atom. The molecular weight excluding hydrogens is 198 g/mol. The third-order valence-corrected chi connectivity index (χ3v) is 2.00. The second-order valence-corrected chi connectivity index (χ2v) is 3.21. The molecule has 1 atom stereocenters. The van der Waals surface area contributed by atoms with E-state index in [2.05, 4.69) is 4.98 Å². The number of ether oxygens (including phenoxy) is 1. The van der Waals surface area contributed by atoms with E-state index in [1.807, 2.05) is 0 Å². The van der Waals surface area contributed by atoms with Gasteiger partial charge in [0.15, 0.2) is 0 Å². The number of rotatable bonds is 4. The van der Waals surface area contributed by atoms with Crippen molar-refractivity contribution in [3.05, 3.63) is 23.4 Å². The fourth-order valence-corrected chi connectivity index (χ4v) is 1.26. The van der Waals surface area contributed by atoms with Crippen molar-refractivity contribution in [3.8, 4) is 5.88 Å². The van der Waals surface area contributed by atoms with Crippen LogP contribution in [0, 0.1) is 6.92 Å². The van der Waals surface area contributed by atoms with Gasteiger partial charge in [0.1, 0.15) is 0 Å². The Labute approximate surface area is 87.3 Å². The average Bonchev–Trinajstić information content (AvgIpc) is 2.16. The highest BCUT2D eigenvalue weighted by atomic mass is 16.5. The van der Waals surface area contributed by atoms with Crippen molar-refractivity contribution in [1.29, 1.82) is 0 Å². The summed E-state index contributed by atoms with van der Waals surface area (Å²) < 4.78 is 4.95. The molecule has 5 nitrogen and oxygen atoms in total. The van der Waals surface area contributed by atoms with Gasteiger partial charge in [-0.05, 0) is 18.6 Å². The summed E-state index contributed by atoms with van der Waals surface area (Å²) in [7, 11) is 1.50. The lowest BCUT2D eigenvalue weighted by Gasteiger charge is -2.10. The number of hydrogen-bond acceptors (Lipinski definition) is 4. The second-order valence-electron chi connectivity index (χ2n) is 3.21. The summed E-state index contributed by atoms with van der Waals surface area (Å²) >= 11 is 0. The van der Waals surface area contributed by atoms with Gasteiger partial charge in [0, 0.05) is 11.8 Å². The van der Waals surface area contributed by atoms with E-state index < -0.39 is 12.1 Å². The van der Waals surface area contributed by atoms with Crippen molar-refractivity contribution < 1.29 is 19.7 Å². The first-order valence-corrected chi connectivity index (χ1v) is 4.45. The van der Waals surface area contributed by atoms with Gasteiger partial charge in [-0.2, -0.15) is 0 Å². The molecule has 1 unspecified atom stereocenters. The van der Waals surface area contributed by atoms with Gasteiger partial charge in [0.2, 0.25) is 5.88 Å². The van der Waals surface area contributed by atoms with E-state index in [1.165, 1.54) is 13.3 Å². The molecule has 0 amide bonds. The van der Waals surface area contributed by atoms with Gasteiger partial charge in [-0.25, -0.2) is 4.98 Å². The van der Waals surface area contributed by atoms with Crippen LogP contribution in [0.25, 0.3) is 0 Å². The lowest BCUT2D eigenvalue weighted by atomic mass is 10.1. The largest absolute Gasteiger partial charge is 0.481 e. The predicted octanol–water partition coefficient (Wildman–Crippen LogP) is 0.907.